The number of hydrogen-bond acceptors (Lipinski definition) is 1. The molecule has 0 fully saturated rings. The Hall–Kier alpha value is -6.44. The van der Waals surface area contributed by atoms with Crippen LogP contribution in [0.15, 0.2) is 176 Å². The van der Waals surface area contributed by atoms with E-state index in [4.69, 9.17) is 0 Å². The van der Waals surface area contributed by atoms with Gasteiger partial charge in [-0.15, -0.1) is 0 Å². The molecule has 0 radical (unpaired) electrons. The molecule has 2 aliphatic rings. The molecule has 1 nitrogen and oxygen atoms in total. The molecule has 0 aromatic heterocycles. The molecule has 9 aromatic carbocycles. The first-order valence-electron chi connectivity index (χ1n) is 19.5. The van der Waals surface area contributed by atoms with Crippen molar-refractivity contribution in [3.63, 3.8) is 0 Å². The van der Waals surface area contributed by atoms with E-state index in [1.807, 2.05) is 0 Å². The Morgan fingerprint density at radius 2 is 0.800 bits per heavy atom. The molecule has 0 bridgehead atoms. The summed E-state index contributed by atoms with van der Waals surface area (Å²) in [6.07, 6.45) is 0. The van der Waals surface area contributed by atoms with Crippen LogP contribution in [0, 0.1) is 0 Å². The topological polar surface area (TPSA) is 3.24 Å². The molecule has 11 rings (SSSR count). The summed E-state index contributed by atoms with van der Waals surface area (Å²) in [6.45, 7) is 9.46. The summed E-state index contributed by atoms with van der Waals surface area (Å²) in [5.41, 5.74) is 16.6. The third-order valence-corrected chi connectivity index (χ3v) is 12.8. The lowest BCUT2D eigenvalue weighted by Crippen LogP contribution is -2.18. The molecule has 9 aromatic rings. The van der Waals surface area contributed by atoms with Crippen molar-refractivity contribution in [2.75, 3.05) is 4.90 Å². The molecule has 0 N–H and O–H groups in total. The van der Waals surface area contributed by atoms with Crippen LogP contribution in [0.25, 0.3) is 65.7 Å². The van der Waals surface area contributed by atoms with Crippen molar-refractivity contribution in [1.82, 2.24) is 0 Å². The summed E-state index contributed by atoms with van der Waals surface area (Å²) >= 11 is 0. The Balaban J connectivity index is 1.04. The predicted octanol–water partition coefficient (Wildman–Crippen LogP) is 14.9. The smallest absolute Gasteiger partial charge is 0.0465 e. The molecule has 55 heavy (non-hydrogen) atoms. The molecular weight excluding hydrogens is 663 g/mol. The van der Waals surface area contributed by atoms with Gasteiger partial charge in [-0.25, -0.2) is 0 Å². The third-order valence-electron chi connectivity index (χ3n) is 12.8. The monoisotopic (exact) mass is 703 g/mol. The fourth-order valence-electron chi connectivity index (χ4n) is 9.93. The highest BCUT2D eigenvalue weighted by Crippen LogP contribution is 2.53. The molecular formula is C54H41N. The van der Waals surface area contributed by atoms with Crippen molar-refractivity contribution < 1.29 is 0 Å². The molecule has 0 saturated carbocycles. The Morgan fingerprint density at radius 1 is 0.327 bits per heavy atom. The lowest BCUT2D eigenvalue weighted by molar-refractivity contribution is 0.660. The average Bonchev–Trinajstić information content (AvgIpc) is 3.60. The van der Waals surface area contributed by atoms with Gasteiger partial charge < -0.3 is 4.90 Å². The molecule has 0 unspecified atom stereocenters. The first-order valence-corrected chi connectivity index (χ1v) is 19.5. The summed E-state index contributed by atoms with van der Waals surface area (Å²) in [7, 11) is 0. The van der Waals surface area contributed by atoms with Crippen molar-refractivity contribution in [3.8, 4) is 33.4 Å². The van der Waals surface area contributed by atoms with Crippen molar-refractivity contribution in [1.29, 1.82) is 0 Å². The second-order valence-electron chi connectivity index (χ2n) is 16.6. The van der Waals surface area contributed by atoms with Gasteiger partial charge in [0.15, 0.2) is 0 Å². The highest BCUT2D eigenvalue weighted by Gasteiger charge is 2.37. The number of benzene rings is 9. The Kier molecular flexibility index (Phi) is 6.72. The molecule has 262 valence electrons. The minimum atomic E-state index is -0.0905. The zero-order valence-corrected chi connectivity index (χ0v) is 31.7. The van der Waals surface area contributed by atoms with E-state index >= 15 is 0 Å². The minimum absolute atomic E-state index is 0.0905. The van der Waals surface area contributed by atoms with Crippen molar-refractivity contribution >= 4 is 49.4 Å². The molecule has 1 heteroatoms. The summed E-state index contributed by atoms with van der Waals surface area (Å²) in [6, 6.07) is 65.9. The largest absolute Gasteiger partial charge is 0.310 e. The van der Waals surface area contributed by atoms with E-state index in [1.165, 1.54) is 99.3 Å². The molecule has 2 aliphatic carbocycles. The molecule has 0 atom stereocenters. The highest BCUT2D eigenvalue weighted by molar-refractivity contribution is 6.20. The van der Waals surface area contributed by atoms with Gasteiger partial charge in [0.2, 0.25) is 0 Å². The first-order chi connectivity index (χ1) is 26.8. The quantitative estimate of drug-likeness (QED) is 0.165. The fourth-order valence-corrected chi connectivity index (χ4v) is 9.93. The number of rotatable bonds is 4. The first kappa shape index (κ1) is 32.0. The van der Waals surface area contributed by atoms with E-state index in [2.05, 4.69) is 209 Å². The lowest BCUT2D eigenvalue weighted by atomic mass is 9.82. The second kappa shape index (κ2) is 11.5. The maximum absolute atomic E-state index is 2.46. The van der Waals surface area contributed by atoms with Crippen LogP contribution in [0.1, 0.15) is 49.9 Å². The van der Waals surface area contributed by atoms with Crippen molar-refractivity contribution in [3.05, 3.63) is 198 Å². The Labute approximate surface area is 323 Å². The third kappa shape index (κ3) is 4.66. The van der Waals surface area contributed by atoms with E-state index in [0.29, 0.717) is 0 Å². The molecule has 0 spiro atoms. The number of fused-ring (bicyclic) bond motifs is 11. The van der Waals surface area contributed by atoms with Crippen LogP contribution >= 0.6 is 0 Å². The van der Waals surface area contributed by atoms with Gasteiger partial charge in [-0.05, 0) is 130 Å². The fraction of sp³-hybridized carbons (Fsp3) is 0.111. The maximum Gasteiger partial charge on any atom is 0.0465 e. The van der Waals surface area contributed by atoms with E-state index in [9.17, 15) is 0 Å². The molecule has 0 saturated heterocycles. The highest BCUT2D eigenvalue weighted by atomic mass is 15.1. The standard InChI is InChI=1S/C54H41N/c1-53(2)48-15-9-7-13-44(48)46-29-26-40(32-50(46)53)55(41-27-30-47-45-14-8-10-16-49(45)54(3,4)51(47)33-41)39-24-21-34(22-25-39)37-23-28-43-38(31-37)20-19-36-18-17-35-11-5-6-12-42(35)52(36)43/h5-33H,1-4H3. The van der Waals surface area contributed by atoms with Gasteiger partial charge >= 0.3 is 0 Å². The van der Waals surface area contributed by atoms with Gasteiger partial charge in [-0.1, -0.05) is 161 Å². The van der Waals surface area contributed by atoms with Gasteiger partial charge in [0, 0.05) is 27.9 Å². The average molecular weight is 704 g/mol. The molecule has 0 aliphatic heterocycles. The van der Waals surface area contributed by atoms with Crippen molar-refractivity contribution in [2.24, 2.45) is 0 Å². The van der Waals surface area contributed by atoms with Crippen LogP contribution in [0.4, 0.5) is 17.1 Å². The van der Waals surface area contributed by atoms with Gasteiger partial charge in [-0.3, -0.25) is 0 Å². The van der Waals surface area contributed by atoms with Gasteiger partial charge in [0.1, 0.15) is 0 Å². The van der Waals surface area contributed by atoms with Crippen LogP contribution in [0.5, 0.6) is 0 Å². The summed E-state index contributed by atoms with van der Waals surface area (Å²) < 4.78 is 0. The zero-order chi connectivity index (χ0) is 37.1. The van der Waals surface area contributed by atoms with Crippen LogP contribution < -0.4 is 4.90 Å². The van der Waals surface area contributed by atoms with Crippen LogP contribution in [0.3, 0.4) is 0 Å². The molecule has 0 amide bonds. The Morgan fingerprint density at radius 3 is 1.44 bits per heavy atom. The van der Waals surface area contributed by atoms with Crippen LogP contribution in [0.2, 0.25) is 0 Å². The Bertz CT molecular complexity index is 2930. The van der Waals surface area contributed by atoms with E-state index in [-0.39, 0.29) is 10.8 Å². The minimum Gasteiger partial charge on any atom is -0.310 e. The van der Waals surface area contributed by atoms with Gasteiger partial charge in [0.05, 0.1) is 0 Å². The normalized spacial score (nSPS) is 14.5. The second-order valence-corrected chi connectivity index (χ2v) is 16.6. The maximum atomic E-state index is 2.46. The number of anilines is 3. The van der Waals surface area contributed by atoms with Gasteiger partial charge in [0.25, 0.3) is 0 Å². The van der Waals surface area contributed by atoms with E-state index in [0.717, 1.165) is 5.69 Å². The predicted molar refractivity (Wildman–Crippen MR) is 234 cm³/mol. The van der Waals surface area contributed by atoms with Crippen molar-refractivity contribution in [2.45, 2.75) is 38.5 Å². The molecule has 0 heterocycles. The number of hydrogen-bond donors (Lipinski definition) is 0. The van der Waals surface area contributed by atoms with Gasteiger partial charge in [-0.2, -0.15) is 0 Å². The number of nitrogens with zero attached hydrogens (tertiary/aromatic N) is 1. The van der Waals surface area contributed by atoms with Crippen LogP contribution in [-0.4, -0.2) is 0 Å². The van der Waals surface area contributed by atoms with E-state index < -0.39 is 0 Å². The van der Waals surface area contributed by atoms with Crippen LogP contribution in [-0.2, 0) is 10.8 Å². The van der Waals surface area contributed by atoms with E-state index in [1.54, 1.807) is 0 Å². The zero-order valence-electron chi connectivity index (χ0n) is 31.7. The lowest BCUT2D eigenvalue weighted by Gasteiger charge is -2.30. The summed E-state index contributed by atoms with van der Waals surface area (Å²) in [4.78, 5) is 2.46. The summed E-state index contributed by atoms with van der Waals surface area (Å²) in [5.74, 6) is 0. The summed E-state index contributed by atoms with van der Waals surface area (Å²) in [5, 5.41) is 7.75. The SMILES string of the molecule is CC1(C)c2ccccc2-c2ccc(N(c3ccc(-c4ccc5c(ccc6ccc7ccccc7c65)c4)cc3)c3ccc4c(c3)C(C)(C)c3ccccc3-4)cc21.